The number of hydrogen-bond acceptors (Lipinski definition) is 3. The van der Waals surface area contributed by atoms with Gasteiger partial charge in [-0.05, 0) is 12.8 Å². The predicted octanol–water partition coefficient (Wildman–Crippen LogP) is 2.28. The van der Waals surface area contributed by atoms with E-state index in [0.29, 0.717) is 12.6 Å². The summed E-state index contributed by atoms with van der Waals surface area (Å²) in [7, 11) is 0. The second kappa shape index (κ2) is 5.84. The van der Waals surface area contributed by atoms with Crippen LogP contribution in [-0.4, -0.2) is 17.1 Å². The molecule has 2 N–H and O–H groups in total. The SMILES string of the molecule is O=C(NCc1cscn1)NC1CCCCC1. The van der Waals surface area contributed by atoms with E-state index in [2.05, 4.69) is 15.6 Å². The summed E-state index contributed by atoms with van der Waals surface area (Å²) in [6.07, 6.45) is 6.00. The van der Waals surface area contributed by atoms with Gasteiger partial charge in [0.15, 0.2) is 0 Å². The summed E-state index contributed by atoms with van der Waals surface area (Å²) in [5.74, 6) is 0. The van der Waals surface area contributed by atoms with Crippen LogP contribution in [-0.2, 0) is 6.54 Å². The van der Waals surface area contributed by atoms with Crippen LogP contribution in [0, 0.1) is 0 Å². The van der Waals surface area contributed by atoms with Gasteiger partial charge in [-0.3, -0.25) is 0 Å². The first-order valence-electron chi connectivity index (χ1n) is 5.76. The highest BCUT2D eigenvalue weighted by Gasteiger charge is 2.15. The lowest BCUT2D eigenvalue weighted by Gasteiger charge is -2.22. The number of rotatable bonds is 3. The summed E-state index contributed by atoms with van der Waals surface area (Å²) in [6.45, 7) is 0.516. The fourth-order valence-electron chi connectivity index (χ4n) is 1.98. The summed E-state index contributed by atoms with van der Waals surface area (Å²) in [4.78, 5) is 15.7. The van der Waals surface area contributed by atoms with Gasteiger partial charge >= 0.3 is 6.03 Å². The average Bonchev–Trinajstić information content (AvgIpc) is 2.81. The zero-order valence-corrected chi connectivity index (χ0v) is 10.1. The minimum atomic E-state index is -0.0695. The largest absolute Gasteiger partial charge is 0.335 e. The number of nitrogens with zero attached hydrogens (tertiary/aromatic N) is 1. The minimum Gasteiger partial charge on any atom is -0.335 e. The number of nitrogens with one attached hydrogen (secondary N) is 2. The molecular formula is C11H17N3OS. The first-order chi connectivity index (χ1) is 7.84. The number of amides is 2. The Labute approximate surface area is 99.5 Å². The lowest BCUT2D eigenvalue weighted by molar-refractivity contribution is 0.232. The van der Waals surface area contributed by atoms with Crippen molar-refractivity contribution in [2.24, 2.45) is 0 Å². The van der Waals surface area contributed by atoms with E-state index >= 15 is 0 Å². The molecule has 0 atom stereocenters. The molecule has 0 aromatic carbocycles. The van der Waals surface area contributed by atoms with Gasteiger partial charge in [0.2, 0.25) is 0 Å². The number of carbonyl (C=O) groups excluding carboxylic acids is 1. The van der Waals surface area contributed by atoms with Gasteiger partial charge in [0.1, 0.15) is 0 Å². The van der Waals surface area contributed by atoms with Crippen molar-refractivity contribution >= 4 is 17.4 Å². The van der Waals surface area contributed by atoms with Crippen molar-refractivity contribution < 1.29 is 4.79 Å². The molecule has 88 valence electrons. The van der Waals surface area contributed by atoms with E-state index in [4.69, 9.17) is 0 Å². The van der Waals surface area contributed by atoms with E-state index in [1.807, 2.05) is 5.38 Å². The molecule has 0 bridgehead atoms. The molecule has 0 radical (unpaired) electrons. The predicted molar refractivity (Wildman–Crippen MR) is 64.4 cm³/mol. The molecule has 1 saturated carbocycles. The van der Waals surface area contributed by atoms with Crippen LogP contribution in [0.1, 0.15) is 37.8 Å². The van der Waals surface area contributed by atoms with Gasteiger partial charge in [-0.1, -0.05) is 19.3 Å². The lowest BCUT2D eigenvalue weighted by atomic mass is 9.96. The maximum Gasteiger partial charge on any atom is 0.315 e. The van der Waals surface area contributed by atoms with Crippen LogP contribution < -0.4 is 10.6 Å². The molecular weight excluding hydrogens is 222 g/mol. The Morgan fingerprint density at radius 1 is 1.44 bits per heavy atom. The molecule has 5 heteroatoms. The van der Waals surface area contributed by atoms with Gasteiger partial charge in [0.05, 0.1) is 17.7 Å². The van der Waals surface area contributed by atoms with Gasteiger partial charge in [-0.15, -0.1) is 11.3 Å². The normalized spacial score (nSPS) is 17.0. The van der Waals surface area contributed by atoms with Crippen LogP contribution in [0.5, 0.6) is 0 Å². The van der Waals surface area contributed by atoms with Gasteiger partial charge in [0, 0.05) is 11.4 Å². The zero-order chi connectivity index (χ0) is 11.2. The van der Waals surface area contributed by atoms with Crippen molar-refractivity contribution in [2.75, 3.05) is 0 Å². The fraction of sp³-hybridized carbons (Fsp3) is 0.636. The summed E-state index contributed by atoms with van der Waals surface area (Å²) >= 11 is 1.54. The highest BCUT2D eigenvalue weighted by molar-refractivity contribution is 7.07. The minimum absolute atomic E-state index is 0.0695. The Hall–Kier alpha value is -1.10. The number of thiazole rings is 1. The Kier molecular flexibility index (Phi) is 4.16. The molecule has 1 aromatic rings. The average molecular weight is 239 g/mol. The van der Waals surface area contributed by atoms with E-state index in [-0.39, 0.29) is 6.03 Å². The molecule has 2 amide bonds. The maximum absolute atomic E-state index is 11.6. The third kappa shape index (κ3) is 3.48. The Balaban J connectivity index is 1.67. The zero-order valence-electron chi connectivity index (χ0n) is 9.24. The summed E-state index contributed by atoms with van der Waals surface area (Å²) < 4.78 is 0. The second-order valence-corrected chi connectivity index (χ2v) is 4.86. The quantitative estimate of drug-likeness (QED) is 0.850. The highest BCUT2D eigenvalue weighted by atomic mass is 32.1. The monoisotopic (exact) mass is 239 g/mol. The van der Waals surface area contributed by atoms with Crippen molar-refractivity contribution in [2.45, 2.75) is 44.7 Å². The Bertz CT molecular complexity index is 320. The van der Waals surface area contributed by atoms with Crippen LogP contribution in [0.3, 0.4) is 0 Å². The number of carbonyl (C=O) groups is 1. The third-order valence-electron chi connectivity index (χ3n) is 2.85. The molecule has 4 nitrogen and oxygen atoms in total. The van der Waals surface area contributed by atoms with E-state index in [9.17, 15) is 4.79 Å². The number of hydrogen-bond donors (Lipinski definition) is 2. The summed E-state index contributed by atoms with van der Waals surface area (Å²) in [5.41, 5.74) is 2.69. The van der Waals surface area contributed by atoms with Crippen molar-refractivity contribution in [1.82, 2.24) is 15.6 Å². The van der Waals surface area contributed by atoms with Crippen LogP contribution in [0.4, 0.5) is 4.79 Å². The topological polar surface area (TPSA) is 54.0 Å². The van der Waals surface area contributed by atoms with Gasteiger partial charge < -0.3 is 10.6 Å². The van der Waals surface area contributed by atoms with Crippen LogP contribution in [0.25, 0.3) is 0 Å². The van der Waals surface area contributed by atoms with E-state index < -0.39 is 0 Å². The second-order valence-electron chi connectivity index (χ2n) is 4.14. The van der Waals surface area contributed by atoms with Gasteiger partial charge in [-0.25, -0.2) is 9.78 Å². The molecule has 0 spiro atoms. The highest BCUT2D eigenvalue weighted by Crippen LogP contribution is 2.17. The maximum atomic E-state index is 11.6. The van der Waals surface area contributed by atoms with Gasteiger partial charge in [0.25, 0.3) is 0 Å². The molecule has 1 aromatic heterocycles. The summed E-state index contributed by atoms with van der Waals surface area (Å²) in [6, 6.07) is 0.295. The Morgan fingerprint density at radius 2 is 2.25 bits per heavy atom. The van der Waals surface area contributed by atoms with Crippen molar-refractivity contribution in [3.63, 3.8) is 0 Å². The molecule has 1 aliphatic carbocycles. The standard InChI is InChI=1S/C11H17N3OS/c15-11(12-6-10-7-16-8-13-10)14-9-4-2-1-3-5-9/h7-9H,1-6H2,(H2,12,14,15). The van der Waals surface area contributed by atoms with Crippen LogP contribution >= 0.6 is 11.3 Å². The smallest absolute Gasteiger partial charge is 0.315 e. The molecule has 1 heterocycles. The lowest BCUT2D eigenvalue weighted by Crippen LogP contribution is -2.42. The molecule has 2 rings (SSSR count). The fourth-order valence-corrected chi connectivity index (χ4v) is 2.54. The number of aromatic nitrogens is 1. The number of urea groups is 1. The van der Waals surface area contributed by atoms with Gasteiger partial charge in [-0.2, -0.15) is 0 Å². The Morgan fingerprint density at radius 3 is 2.94 bits per heavy atom. The van der Waals surface area contributed by atoms with Crippen molar-refractivity contribution in [1.29, 1.82) is 0 Å². The van der Waals surface area contributed by atoms with E-state index in [1.54, 1.807) is 16.8 Å². The van der Waals surface area contributed by atoms with Crippen molar-refractivity contribution in [3.05, 3.63) is 16.6 Å². The molecule has 0 saturated heterocycles. The van der Waals surface area contributed by atoms with E-state index in [1.165, 1.54) is 19.3 Å². The first-order valence-corrected chi connectivity index (χ1v) is 6.70. The molecule has 1 aliphatic rings. The molecule has 16 heavy (non-hydrogen) atoms. The van der Waals surface area contributed by atoms with E-state index in [0.717, 1.165) is 18.5 Å². The van der Waals surface area contributed by atoms with Crippen molar-refractivity contribution in [3.8, 4) is 0 Å². The van der Waals surface area contributed by atoms with Crippen LogP contribution in [0.2, 0.25) is 0 Å². The summed E-state index contributed by atoms with van der Waals surface area (Å²) in [5, 5.41) is 7.78. The molecule has 0 unspecified atom stereocenters. The van der Waals surface area contributed by atoms with Crippen LogP contribution in [0.15, 0.2) is 10.9 Å². The molecule has 1 fully saturated rings. The molecule has 0 aliphatic heterocycles. The first kappa shape index (κ1) is 11.4. The third-order valence-corrected chi connectivity index (χ3v) is 3.49.